The third-order valence-corrected chi connectivity index (χ3v) is 7.00. The minimum absolute atomic E-state index is 0.208. The number of carbonyl (C=O) groups excluding carboxylic acids is 1. The first kappa shape index (κ1) is 24.5. The molecule has 0 saturated carbocycles. The predicted octanol–water partition coefficient (Wildman–Crippen LogP) is 4.49. The molecule has 0 spiro atoms. The Morgan fingerprint density at radius 1 is 0.909 bits per heavy atom. The quantitative estimate of drug-likeness (QED) is 0.488. The van der Waals surface area contributed by atoms with Crippen LogP contribution in [0.4, 0.5) is 5.69 Å². The van der Waals surface area contributed by atoms with Crippen molar-refractivity contribution < 1.29 is 13.2 Å². The van der Waals surface area contributed by atoms with E-state index in [0.717, 1.165) is 29.8 Å². The molecule has 0 aliphatic carbocycles. The molecule has 1 amide bonds. The Bertz CT molecular complexity index is 1220. The van der Waals surface area contributed by atoms with Gasteiger partial charge in [0.2, 0.25) is 0 Å². The lowest BCUT2D eigenvalue weighted by Gasteiger charge is -2.14. The topological polar surface area (TPSA) is 78.5 Å². The van der Waals surface area contributed by atoms with Crippen molar-refractivity contribution in [2.24, 2.45) is 0 Å². The van der Waals surface area contributed by atoms with Gasteiger partial charge in [-0.25, -0.2) is 8.42 Å². The first-order valence-electron chi connectivity index (χ1n) is 10.9. The van der Waals surface area contributed by atoms with Crippen LogP contribution in [-0.4, -0.2) is 32.8 Å². The van der Waals surface area contributed by atoms with Gasteiger partial charge in [0, 0.05) is 24.3 Å². The molecule has 0 fully saturated rings. The molecule has 0 aliphatic heterocycles. The van der Waals surface area contributed by atoms with Crippen LogP contribution < -0.4 is 10.0 Å². The predicted molar refractivity (Wildman–Crippen MR) is 133 cm³/mol. The van der Waals surface area contributed by atoms with E-state index in [2.05, 4.69) is 41.0 Å². The zero-order valence-electron chi connectivity index (χ0n) is 19.6. The second-order valence-electron chi connectivity index (χ2n) is 8.26. The van der Waals surface area contributed by atoms with E-state index in [1.54, 1.807) is 42.5 Å². The number of benzene rings is 3. The van der Waals surface area contributed by atoms with Crippen LogP contribution in [0, 0.1) is 13.8 Å². The van der Waals surface area contributed by atoms with Crippen LogP contribution in [0.2, 0.25) is 0 Å². The lowest BCUT2D eigenvalue weighted by Crippen LogP contribution is -2.23. The van der Waals surface area contributed by atoms with Gasteiger partial charge in [0.1, 0.15) is 0 Å². The van der Waals surface area contributed by atoms with Crippen molar-refractivity contribution in [2.45, 2.75) is 38.8 Å². The van der Waals surface area contributed by atoms with Crippen LogP contribution in [0.5, 0.6) is 0 Å². The zero-order chi connectivity index (χ0) is 24.0. The first-order chi connectivity index (χ1) is 15.7. The van der Waals surface area contributed by atoms with E-state index in [-0.39, 0.29) is 10.8 Å². The molecule has 0 radical (unpaired) electrons. The minimum atomic E-state index is -3.70. The molecular weight excluding hydrogens is 434 g/mol. The Balaban J connectivity index is 1.61. The average Bonchev–Trinajstić information content (AvgIpc) is 2.79. The Morgan fingerprint density at radius 2 is 1.61 bits per heavy atom. The van der Waals surface area contributed by atoms with Gasteiger partial charge in [-0.05, 0) is 86.1 Å². The van der Waals surface area contributed by atoms with E-state index >= 15 is 0 Å². The van der Waals surface area contributed by atoms with Crippen LogP contribution in [0.1, 0.15) is 39.5 Å². The van der Waals surface area contributed by atoms with Crippen molar-refractivity contribution in [3.05, 3.63) is 94.5 Å². The van der Waals surface area contributed by atoms with Gasteiger partial charge in [0.15, 0.2) is 0 Å². The number of rotatable bonds is 9. The fourth-order valence-corrected chi connectivity index (χ4v) is 4.47. The smallest absolute Gasteiger partial charge is 0.261 e. The lowest BCUT2D eigenvalue weighted by atomic mass is 10.1. The number of nitrogens with one attached hydrogen (secondary N) is 2. The van der Waals surface area contributed by atoms with Crippen LogP contribution in [0.25, 0.3) is 0 Å². The van der Waals surface area contributed by atoms with Gasteiger partial charge in [-0.3, -0.25) is 9.52 Å². The normalized spacial score (nSPS) is 11.4. The summed E-state index contributed by atoms with van der Waals surface area (Å²) in [4.78, 5) is 15.0. The van der Waals surface area contributed by atoms with Crippen LogP contribution in [-0.2, 0) is 23.1 Å². The molecule has 0 heterocycles. The summed E-state index contributed by atoms with van der Waals surface area (Å²) in [6.07, 6.45) is 0. The van der Waals surface area contributed by atoms with Gasteiger partial charge >= 0.3 is 0 Å². The van der Waals surface area contributed by atoms with E-state index < -0.39 is 10.0 Å². The molecule has 0 atom stereocenters. The monoisotopic (exact) mass is 465 g/mol. The molecule has 0 saturated heterocycles. The number of amides is 1. The Morgan fingerprint density at radius 3 is 2.27 bits per heavy atom. The molecule has 0 unspecified atom stereocenters. The van der Waals surface area contributed by atoms with Crippen molar-refractivity contribution in [3.63, 3.8) is 0 Å². The van der Waals surface area contributed by atoms with Crippen molar-refractivity contribution in [3.8, 4) is 0 Å². The summed E-state index contributed by atoms with van der Waals surface area (Å²) >= 11 is 0. The SMILES string of the molecule is CCN(C)Cc1cccc(CNC(=O)c2ccc(NS(=O)(=O)c3ccc(C)c(C)c3)cc2)c1. The first-order valence-corrected chi connectivity index (χ1v) is 12.4. The second kappa shape index (κ2) is 10.6. The average molecular weight is 466 g/mol. The summed E-state index contributed by atoms with van der Waals surface area (Å²) in [5.74, 6) is -0.213. The molecule has 0 aromatic heterocycles. The summed E-state index contributed by atoms with van der Waals surface area (Å²) in [5, 5.41) is 2.92. The van der Waals surface area contributed by atoms with Gasteiger partial charge in [-0.15, -0.1) is 0 Å². The molecule has 6 nitrogen and oxygen atoms in total. The van der Waals surface area contributed by atoms with E-state index in [0.29, 0.717) is 17.8 Å². The molecule has 3 aromatic rings. The highest BCUT2D eigenvalue weighted by Gasteiger charge is 2.15. The van der Waals surface area contributed by atoms with Crippen LogP contribution >= 0.6 is 0 Å². The van der Waals surface area contributed by atoms with E-state index in [9.17, 15) is 13.2 Å². The highest BCUT2D eigenvalue weighted by molar-refractivity contribution is 7.92. The van der Waals surface area contributed by atoms with Gasteiger partial charge < -0.3 is 10.2 Å². The molecule has 7 heteroatoms. The van der Waals surface area contributed by atoms with Gasteiger partial charge in [-0.2, -0.15) is 0 Å². The summed E-state index contributed by atoms with van der Waals surface area (Å²) in [6, 6.07) is 19.6. The number of hydrogen-bond acceptors (Lipinski definition) is 4. The molecule has 0 aliphatic rings. The highest BCUT2D eigenvalue weighted by Crippen LogP contribution is 2.19. The number of anilines is 1. The number of carbonyl (C=O) groups is 1. The number of hydrogen-bond donors (Lipinski definition) is 2. The Hall–Kier alpha value is -3.16. The number of nitrogens with zero attached hydrogens (tertiary/aromatic N) is 1. The largest absolute Gasteiger partial charge is 0.348 e. The van der Waals surface area contributed by atoms with Crippen molar-refractivity contribution in [2.75, 3.05) is 18.3 Å². The van der Waals surface area contributed by atoms with E-state index in [4.69, 9.17) is 0 Å². The summed E-state index contributed by atoms with van der Waals surface area (Å²) < 4.78 is 27.9. The maximum Gasteiger partial charge on any atom is 0.261 e. The highest BCUT2D eigenvalue weighted by atomic mass is 32.2. The summed E-state index contributed by atoms with van der Waals surface area (Å²) in [5.41, 5.74) is 5.04. The summed E-state index contributed by atoms with van der Waals surface area (Å²) in [7, 11) is -1.63. The molecular formula is C26H31N3O3S. The standard InChI is InChI=1S/C26H31N3O3S/c1-5-29(4)18-22-8-6-7-21(16-22)17-27-26(30)23-10-12-24(13-11-23)28-33(31,32)25-14-9-19(2)20(3)15-25/h6-16,28H,5,17-18H2,1-4H3,(H,27,30). The van der Waals surface area contributed by atoms with Crippen molar-refractivity contribution >= 4 is 21.6 Å². The Kier molecular flexibility index (Phi) is 7.89. The maximum atomic E-state index is 12.7. The Labute approximate surface area is 196 Å². The zero-order valence-corrected chi connectivity index (χ0v) is 20.4. The summed E-state index contributed by atoms with van der Waals surface area (Å²) in [6.45, 7) is 8.18. The van der Waals surface area contributed by atoms with Crippen molar-refractivity contribution in [1.82, 2.24) is 10.2 Å². The van der Waals surface area contributed by atoms with Gasteiger partial charge in [0.25, 0.3) is 15.9 Å². The molecule has 2 N–H and O–H groups in total. The van der Waals surface area contributed by atoms with Gasteiger partial charge in [0.05, 0.1) is 4.90 Å². The molecule has 0 bridgehead atoms. The van der Waals surface area contributed by atoms with Crippen LogP contribution in [0.3, 0.4) is 0 Å². The molecule has 174 valence electrons. The number of sulfonamides is 1. The van der Waals surface area contributed by atoms with E-state index in [1.807, 2.05) is 26.0 Å². The van der Waals surface area contributed by atoms with Gasteiger partial charge in [-0.1, -0.05) is 37.3 Å². The van der Waals surface area contributed by atoms with Crippen molar-refractivity contribution in [1.29, 1.82) is 0 Å². The van der Waals surface area contributed by atoms with E-state index in [1.165, 1.54) is 5.56 Å². The minimum Gasteiger partial charge on any atom is -0.348 e. The lowest BCUT2D eigenvalue weighted by molar-refractivity contribution is 0.0951. The fourth-order valence-electron chi connectivity index (χ4n) is 3.33. The molecule has 3 rings (SSSR count). The molecule has 3 aromatic carbocycles. The van der Waals surface area contributed by atoms with Crippen LogP contribution in [0.15, 0.2) is 71.6 Å². The second-order valence-corrected chi connectivity index (χ2v) is 9.94. The third-order valence-electron chi connectivity index (χ3n) is 5.62. The number of aryl methyl sites for hydroxylation is 2. The maximum absolute atomic E-state index is 12.7. The third kappa shape index (κ3) is 6.66. The fraction of sp³-hybridized carbons (Fsp3) is 0.269. The molecule has 33 heavy (non-hydrogen) atoms.